The van der Waals surface area contributed by atoms with E-state index >= 15 is 0 Å². The van der Waals surface area contributed by atoms with E-state index < -0.39 is 0 Å². The highest BCUT2D eigenvalue weighted by atomic mass is 35.5. The molecule has 0 unspecified atom stereocenters. The van der Waals surface area contributed by atoms with Gasteiger partial charge in [-0.1, -0.05) is 29.8 Å². The van der Waals surface area contributed by atoms with Crippen LogP contribution in [0.5, 0.6) is 5.75 Å². The van der Waals surface area contributed by atoms with E-state index in [1.165, 1.54) is 0 Å². The number of nitrogens with zero attached hydrogens (tertiary/aromatic N) is 1. The van der Waals surface area contributed by atoms with E-state index in [-0.39, 0.29) is 17.7 Å². The van der Waals surface area contributed by atoms with Crippen LogP contribution in [0.1, 0.15) is 34.7 Å². The Balaban J connectivity index is 1.63. The number of carbonyl (C=O) groups is 1. The highest BCUT2D eigenvalue weighted by Crippen LogP contribution is 2.49. The van der Waals surface area contributed by atoms with Crippen molar-refractivity contribution in [3.05, 3.63) is 57.9 Å². The molecule has 1 aliphatic carbocycles. The van der Waals surface area contributed by atoms with Crippen LogP contribution in [0.15, 0.2) is 30.5 Å². The minimum atomic E-state index is -0.00227. The van der Waals surface area contributed by atoms with Gasteiger partial charge in [0.15, 0.2) is 0 Å². The molecule has 1 amide bonds. The van der Waals surface area contributed by atoms with Crippen molar-refractivity contribution in [3.8, 4) is 5.75 Å². The van der Waals surface area contributed by atoms with Gasteiger partial charge in [-0.15, -0.1) is 0 Å². The summed E-state index contributed by atoms with van der Waals surface area (Å²) in [4.78, 5) is 16.8. The Labute approximate surface area is 147 Å². The molecule has 0 bridgehead atoms. The smallest absolute Gasteiger partial charge is 0.224 e. The molecule has 0 spiro atoms. The predicted octanol–water partition coefficient (Wildman–Crippen LogP) is 3.78. The highest BCUT2D eigenvalue weighted by molar-refractivity contribution is 6.31. The number of pyridine rings is 1. The molecule has 24 heavy (non-hydrogen) atoms. The van der Waals surface area contributed by atoms with Crippen molar-refractivity contribution < 1.29 is 9.53 Å². The fourth-order valence-corrected chi connectivity index (χ4v) is 3.43. The molecule has 1 fully saturated rings. The van der Waals surface area contributed by atoms with Crippen molar-refractivity contribution in [1.29, 1.82) is 0 Å². The summed E-state index contributed by atoms with van der Waals surface area (Å²) in [7, 11) is 1.65. The highest BCUT2D eigenvalue weighted by Gasteiger charge is 2.44. The third kappa shape index (κ3) is 3.24. The van der Waals surface area contributed by atoms with Crippen molar-refractivity contribution >= 4 is 17.5 Å². The molecule has 0 radical (unpaired) electrons. The van der Waals surface area contributed by atoms with Crippen LogP contribution in [0.2, 0.25) is 5.02 Å². The van der Waals surface area contributed by atoms with Gasteiger partial charge in [0.1, 0.15) is 5.75 Å². The zero-order valence-corrected chi connectivity index (χ0v) is 14.9. The molecule has 1 heterocycles. The van der Waals surface area contributed by atoms with Gasteiger partial charge in [0.2, 0.25) is 5.91 Å². The monoisotopic (exact) mass is 344 g/mol. The summed E-state index contributed by atoms with van der Waals surface area (Å²) in [6, 6.07) is 7.73. The first kappa shape index (κ1) is 16.8. The third-order valence-electron chi connectivity index (χ3n) is 4.61. The minimum Gasteiger partial charge on any atom is -0.496 e. The number of hydrogen-bond donors (Lipinski definition) is 1. The lowest BCUT2D eigenvalue weighted by molar-refractivity contribution is -0.122. The van der Waals surface area contributed by atoms with Gasteiger partial charge in [-0.3, -0.25) is 9.78 Å². The second-order valence-electron chi connectivity index (χ2n) is 6.23. The number of amides is 1. The topological polar surface area (TPSA) is 51.2 Å². The number of aryl methyl sites for hydroxylation is 1. The molecule has 4 nitrogen and oxygen atoms in total. The van der Waals surface area contributed by atoms with E-state index in [9.17, 15) is 4.79 Å². The van der Waals surface area contributed by atoms with E-state index in [1.807, 2.05) is 38.1 Å². The number of carbonyl (C=O) groups excluding carboxylic acids is 1. The lowest BCUT2D eigenvalue weighted by Crippen LogP contribution is -2.26. The second-order valence-corrected chi connectivity index (χ2v) is 6.64. The molecule has 2 atom stereocenters. The molecule has 5 heteroatoms. The molecule has 1 aromatic carbocycles. The molecule has 1 aromatic heterocycles. The maximum Gasteiger partial charge on any atom is 0.224 e. The number of methoxy groups -OCH3 is 1. The summed E-state index contributed by atoms with van der Waals surface area (Å²) in [5, 5.41) is 3.73. The largest absolute Gasteiger partial charge is 0.496 e. The Morgan fingerprint density at radius 2 is 2.12 bits per heavy atom. The SMILES string of the molecule is COc1c(C)cnc(CNC(=O)[C@H]2C[C@@H]2c2ccccc2Cl)c1C. The quantitative estimate of drug-likeness (QED) is 0.898. The van der Waals surface area contributed by atoms with Gasteiger partial charge in [-0.2, -0.15) is 0 Å². The number of ether oxygens (including phenoxy) is 1. The van der Waals surface area contributed by atoms with Crippen LogP contribution in [0, 0.1) is 19.8 Å². The van der Waals surface area contributed by atoms with Gasteiger partial charge < -0.3 is 10.1 Å². The van der Waals surface area contributed by atoms with Gasteiger partial charge in [-0.05, 0) is 37.8 Å². The summed E-state index contributed by atoms with van der Waals surface area (Å²) in [6.07, 6.45) is 2.62. The lowest BCUT2D eigenvalue weighted by atomic mass is 10.1. The Bertz CT molecular complexity index is 776. The molecule has 1 saturated carbocycles. The van der Waals surface area contributed by atoms with Crippen LogP contribution in [-0.2, 0) is 11.3 Å². The van der Waals surface area contributed by atoms with Gasteiger partial charge in [0.05, 0.1) is 19.3 Å². The van der Waals surface area contributed by atoms with E-state index in [4.69, 9.17) is 16.3 Å². The van der Waals surface area contributed by atoms with Crippen LogP contribution in [0.4, 0.5) is 0 Å². The Kier molecular flexibility index (Phi) is 4.76. The third-order valence-corrected chi connectivity index (χ3v) is 4.96. The van der Waals surface area contributed by atoms with Crippen LogP contribution in [-0.4, -0.2) is 18.0 Å². The van der Waals surface area contributed by atoms with Gasteiger partial charge in [0, 0.05) is 28.3 Å². The van der Waals surface area contributed by atoms with Crippen molar-refractivity contribution in [2.75, 3.05) is 7.11 Å². The molecule has 0 saturated heterocycles. The lowest BCUT2D eigenvalue weighted by Gasteiger charge is -2.13. The summed E-state index contributed by atoms with van der Waals surface area (Å²) in [5.74, 6) is 1.10. The molecular weight excluding hydrogens is 324 g/mol. The predicted molar refractivity (Wildman–Crippen MR) is 94.4 cm³/mol. The first-order chi connectivity index (χ1) is 11.5. The van der Waals surface area contributed by atoms with Crippen LogP contribution in [0.25, 0.3) is 0 Å². The average molecular weight is 345 g/mol. The van der Waals surface area contributed by atoms with Crippen LogP contribution >= 0.6 is 11.6 Å². The van der Waals surface area contributed by atoms with Crippen molar-refractivity contribution in [1.82, 2.24) is 10.3 Å². The van der Waals surface area contributed by atoms with E-state index in [0.717, 1.165) is 39.6 Å². The fraction of sp³-hybridized carbons (Fsp3) is 0.368. The summed E-state index contributed by atoms with van der Waals surface area (Å²) >= 11 is 6.22. The Hall–Kier alpha value is -2.07. The summed E-state index contributed by atoms with van der Waals surface area (Å²) in [6.45, 7) is 4.33. The summed E-state index contributed by atoms with van der Waals surface area (Å²) < 4.78 is 5.40. The number of nitrogens with one attached hydrogen (secondary N) is 1. The standard InChI is InChI=1S/C19H21ClN2O2/c1-11-9-21-17(12(2)18(11)24-3)10-22-19(23)15-8-14(15)13-6-4-5-7-16(13)20/h4-7,9,14-15H,8,10H2,1-3H3,(H,22,23)/t14-,15+/m1/s1. The maximum absolute atomic E-state index is 12.4. The second kappa shape index (κ2) is 6.81. The molecular formula is C19H21ClN2O2. The van der Waals surface area contributed by atoms with Crippen molar-refractivity contribution in [3.63, 3.8) is 0 Å². The van der Waals surface area contributed by atoms with Gasteiger partial charge in [-0.25, -0.2) is 0 Å². The normalized spacial score (nSPS) is 19.0. The number of hydrogen-bond acceptors (Lipinski definition) is 3. The summed E-state index contributed by atoms with van der Waals surface area (Å²) in [5.41, 5.74) is 3.86. The average Bonchev–Trinajstić information content (AvgIpc) is 3.35. The molecule has 126 valence electrons. The molecule has 3 rings (SSSR count). The first-order valence-electron chi connectivity index (χ1n) is 8.04. The van der Waals surface area contributed by atoms with E-state index in [0.29, 0.717) is 6.54 Å². The van der Waals surface area contributed by atoms with Crippen LogP contribution < -0.4 is 10.1 Å². The zero-order valence-electron chi connectivity index (χ0n) is 14.1. The minimum absolute atomic E-state index is 0.00227. The number of rotatable bonds is 5. The zero-order chi connectivity index (χ0) is 17.3. The van der Waals surface area contributed by atoms with Crippen molar-refractivity contribution in [2.45, 2.75) is 32.7 Å². The number of aromatic nitrogens is 1. The first-order valence-corrected chi connectivity index (χ1v) is 8.42. The van der Waals surface area contributed by atoms with E-state index in [1.54, 1.807) is 13.3 Å². The molecule has 2 aromatic rings. The van der Waals surface area contributed by atoms with Gasteiger partial charge >= 0.3 is 0 Å². The molecule has 1 aliphatic rings. The van der Waals surface area contributed by atoms with E-state index in [2.05, 4.69) is 10.3 Å². The Morgan fingerprint density at radius 1 is 1.38 bits per heavy atom. The fourth-order valence-electron chi connectivity index (χ4n) is 3.16. The van der Waals surface area contributed by atoms with Crippen LogP contribution in [0.3, 0.4) is 0 Å². The maximum atomic E-state index is 12.4. The Morgan fingerprint density at radius 3 is 2.83 bits per heavy atom. The van der Waals surface area contributed by atoms with Gasteiger partial charge in [0.25, 0.3) is 0 Å². The number of benzene rings is 1. The number of halogens is 1. The molecule has 0 aliphatic heterocycles. The van der Waals surface area contributed by atoms with Crippen molar-refractivity contribution in [2.24, 2.45) is 5.92 Å². The molecule has 1 N–H and O–H groups in total.